The molecule has 0 N–H and O–H groups in total. The number of hydrogen-bond acceptors (Lipinski definition) is 5. The minimum Gasteiger partial charge on any atom is -0.490 e. The van der Waals surface area contributed by atoms with Crippen molar-refractivity contribution in [2.45, 2.75) is 20.5 Å². The van der Waals surface area contributed by atoms with E-state index >= 15 is 0 Å². The summed E-state index contributed by atoms with van der Waals surface area (Å²) in [6, 6.07) is 15.7. The van der Waals surface area contributed by atoms with Gasteiger partial charge in [0, 0.05) is 23.4 Å². The fourth-order valence-corrected chi connectivity index (χ4v) is 3.77. The number of ether oxygens (including phenoxy) is 2. The molecule has 0 radical (unpaired) electrons. The largest absolute Gasteiger partial charge is 0.490 e. The summed E-state index contributed by atoms with van der Waals surface area (Å²) in [5.41, 5.74) is 3.47. The summed E-state index contributed by atoms with van der Waals surface area (Å²) in [6.07, 6.45) is 1.77. The second-order valence-corrected chi connectivity index (χ2v) is 8.19. The third-order valence-electron chi connectivity index (χ3n) is 4.45. The van der Waals surface area contributed by atoms with Gasteiger partial charge in [-0.25, -0.2) is 0 Å². The van der Waals surface area contributed by atoms with Crippen LogP contribution in [0, 0.1) is 20.6 Å². The maximum absolute atomic E-state index is 10.8. The van der Waals surface area contributed by atoms with Gasteiger partial charge in [-0.15, -0.1) is 0 Å². The van der Waals surface area contributed by atoms with Gasteiger partial charge in [0.25, 0.3) is 5.69 Å². The quantitative estimate of drug-likeness (QED) is 0.132. The molecule has 0 bridgehead atoms. The molecular formula is C23H20ClIN2O4. The van der Waals surface area contributed by atoms with E-state index in [-0.39, 0.29) is 12.3 Å². The van der Waals surface area contributed by atoms with Crippen LogP contribution in [0.25, 0.3) is 0 Å². The monoisotopic (exact) mass is 550 g/mol. The number of nitro groups is 1. The molecular weight excluding hydrogens is 531 g/mol. The maximum Gasteiger partial charge on any atom is 0.269 e. The number of rotatable bonds is 8. The summed E-state index contributed by atoms with van der Waals surface area (Å²) in [5, 5.41) is 11.5. The molecule has 0 atom stereocenters. The first-order chi connectivity index (χ1) is 14.9. The fraction of sp³-hybridized carbons (Fsp3) is 0.174. The van der Waals surface area contributed by atoms with Crippen molar-refractivity contribution in [3.05, 3.63) is 90.0 Å². The van der Waals surface area contributed by atoms with Crippen LogP contribution >= 0.6 is 34.2 Å². The molecule has 6 nitrogen and oxygen atoms in total. The van der Waals surface area contributed by atoms with Gasteiger partial charge in [0.05, 0.1) is 20.8 Å². The van der Waals surface area contributed by atoms with Gasteiger partial charge >= 0.3 is 0 Å². The van der Waals surface area contributed by atoms with Gasteiger partial charge in [-0.2, -0.15) is 0 Å². The molecule has 3 rings (SSSR count). The predicted molar refractivity (Wildman–Crippen MR) is 131 cm³/mol. The number of halogens is 2. The lowest BCUT2D eigenvalue weighted by Gasteiger charge is -2.15. The van der Waals surface area contributed by atoms with Crippen LogP contribution in [-0.4, -0.2) is 17.7 Å². The number of non-ortho nitro benzene ring substituents is 1. The van der Waals surface area contributed by atoms with E-state index < -0.39 is 4.92 Å². The van der Waals surface area contributed by atoms with Gasteiger partial charge in [0.2, 0.25) is 0 Å². The van der Waals surface area contributed by atoms with Crippen LogP contribution in [0.2, 0.25) is 5.02 Å². The zero-order valence-corrected chi connectivity index (χ0v) is 19.9. The molecule has 0 aliphatic rings. The van der Waals surface area contributed by atoms with Crippen molar-refractivity contribution < 1.29 is 14.4 Å². The number of aliphatic imine (C=N–C) groups is 1. The molecule has 3 aromatic rings. The minimum atomic E-state index is -0.425. The smallest absolute Gasteiger partial charge is 0.269 e. The molecule has 0 aromatic heterocycles. The van der Waals surface area contributed by atoms with Gasteiger partial charge in [-0.1, -0.05) is 17.7 Å². The molecule has 8 heteroatoms. The van der Waals surface area contributed by atoms with Crippen LogP contribution in [0.1, 0.15) is 23.6 Å². The maximum atomic E-state index is 10.8. The van der Waals surface area contributed by atoms with Crippen molar-refractivity contribution in [3.63, 3.8) is 0 Å². The van der Waals surface area contributed by atoms with Gasteiger partial charge < -0.3 is 9.47 Å². The predicted octanol–water partition coefficient (Wildman–Crippen LogP) is 6.89. The zero-order valence-electron chi connectivity index (χ0n) is 17.0. The summed E-state index contributed by atoms with van der Waals surface area (Å²) in [7, 11) is 0. The molecule has 31 heavy (non-hydrogen) atoms. The van der Waals surface area contributed by atoms with E-state index in [1.54, 1.807) is 18.3 Å². The van der Waals surface area contributed by atoms with Gasteiger partial charge in [-0.05, 0) is 89.5 Å². The van der Waals surface area contributed by atoms with E-state index in [0.29, 0.717) is 23.1 Å². The molecule has 0 aliphatic heterocycles. The normalized spacial score (nSPS) is 11.0. The first-order valence-corrected chi connectivity index (χ1v) is 11.0. The van der Waals surface area contributed by atoms with Crippen LogP contribution in [0.15, 0.2) is 59.6 Å². The molecule has 0 unspecified atom stereocenters. The van der Waals surface area contributed by atoms with Crippen molar-refractivity contribution >= 4 is 51.8 Å². The first kappa shape index (κ1) is 23.0. The molecule has 0 saturated heterocycles. The Kier molecular flexibility index (Phi) is 7.86. The molecule has 0 fully saturated rings. The van der Waals surface area contributed by atoms with E-state index in [1.165, 1.54) is 12.1 Å². The van der Waals surface area contributed by atoms with Gasteiger partial charge in [-0.3, -0.25) is 15.1 Å². The highest BCUT2D eigenvalue weighted by Crippen LogP contribution is 2.35. The lowest BCUT2D eigenvalue weighted by atomic mass is 10.2. The van der Waals surface area contributed by atoms with Crippen LogP contribution in [0.5, 0.6) is 11.5 Å². The summed E-state index contributed by atoms with van der Waals surface area (Å²) < 4.78 is 12.7. The van der Waals surface area contributed by atoms with Crippen LogP contribution in [-0.2, 0) is 6.61 Å². The standard InChI is InChI=1S/C23H20ClIN2O4/c1-3-30-22-12-17(13-26-21-6-4-5-19(24)15(21)2)11-20(25)23(22)31-14-16-7-9-18(10-8-16)27(28)29/h4-13H,3,14H2,1-2H3. The number of benzene rings is 3. The van der Waals surface area contributed by atoms with Crippen molar-refractivity contribution in [1.82, 2.24) is 0 Å². The third kappa shape index (κ3) is 5.95. The van der Waals surface area contributed by atoms with Crippen LogP contribution < -0.4 is 9.47 Å². The van der Waals surface area contributed by atoms with Crippen molar-refractivity contribution in [2.24, 2.45) is 4.99 Å². The average molecular weight is 551 g/mol. The van der Waals surface area contributed by atoms with E-state index in [2.05, 4.69) is 27.6 Å². The fourth-order valence-electron chi connectivity index (χ4n) is 2.81. The van der Waals surface area contributed by atoms with Gasteiger partial charge in [0.15, 0.2) is 11.5 Å². The molecule has 0 spiro atoms. The lowest BCUT2D eigenvalue weighted by Crippen LogP contribution is -2.02. The zero-order chi connectivity index (χ0) is 22.4. The Balaban J connectivity index is 1.82. The number of nitro benzene ring substituents is 1. The second-order valence-electron chi connectivity index (χ2n) is 6.62. The Hall–Kier alpha value is -2.65. The van der Waals surface area contributed by atoms with E-state index in [9.17, 15) is 10.1 Å². The molecule has 0 heterocycles. The Morgan fingerprint density at radius 2 is 1.90 bits per heavy atom. The SMILES string of the molecule is CCOc1cc(C=Nc2cccc(Cl)c2C)cc(I)c1OCc1ccc([N+](=O)[O-])cc1. The Morgan fingerprint density at radius 1 is 1.16 bits per heavy atom. The molecule has 3 aromatic carbocycles. The minimum absolute atomic E-state index is 0.0481. The first-order valence-electron chi connectivity index (χ1n) is 9.50. The molecule has 0 amide bonds. The third-order valence-corrected chi connectivity index (χ3v) is 5.66. The van der Waals surface area contributed by atoms with E-state index in [1.807, 2.05) is 44.2 Å². The molecule has 160 valence electrons. The Morgan fingerprint density at radius 3 is 2.58 bits per heavy atom. The van der Waals surface area contributed by atoms with Crippen LogP contribution in [0.3, 0.4) is 0 Å². The molecule has 0 aliphatic carbocycles. The highest BCUT2D eigenvalue weighted by Gasteiger charge is 2.13. The summed E-state index contributed by atoms with van der Waals surface area (Å²) in [4.78, 5) is 14.9. The highest BCUT2D eigenvalue weighted by atomic mass is 127. The topological polar surface area (TPSA) is 74.0 Å². The summed E-state index contributed by atoms with van der Waals surface area (Å²) >= 11 is 8.37. The second kappa shape index (κ2) is 10.6. The number of hydrogen-bond donors (Lipinski definition) is 0. The van der Waals surface area contributed by atoms with Crippen LogP contribution in [0.4, 0.5) is 11.4 Å². The summed E-state index contributed by atoms with van der Waals surface area (Å²) in [5.74, 6) is 1.23. The Bertz CT molecular complexity index is 1120. The molecule has 0 saturated carbocycles. The summed E-state index contributed by atoms with van der Waals surface area (Å²) in [6.45, 7) is 4.59. The lowest BCUT2D eigenvalue weighted by molar-refractivity contribution is -0.384. The van der Waals surface area contributed by atoms with Crippen molar-refractivity contribution in [1.29, 1.82) is 0 Å². The van der Waals surface area contributed by atoms with Crippen molar-refractivity contribution in [3.8, 4) is 11.5 Å². The number of nitrogens with zero attached hydrogens (tertiary/aromatic N) is 2. The van der Waals surface area contributed by atoms with Crippen molar-refractivity contribution in [2.75, 3.05) is 6.61 Å². The van der Waals surface area contributed by atoms with Gasteiger partial charge in [0.1, 0.15) is 6.61 Å². The van der Waals surface area contributed by atoms with E-state index in [0.717, 1.165) is 25.9 Å². The average Bonchev–Trinajstić information content (AvgIpc) is 2.74. The van der Waals surface area contributed by atoms with E-state index in [4.69, 9.17) is 21.1 Å². The highest BCUT2D eigenvalue weighted by molar-refractivity contribution is 14.1. The Labute approximate surface area is 199 Å².